The highest BCUT2D eigenvalue weighted by atomic mass is 19.1. The van der Waals surface area contributed by atoms with Crippen molar-refractivity contribution in [3.63, 3.8) is 0 Å². The minimum Gasteiger partial charge on any atom is -0.341 e. The first-order valence-electron chi connectivity index (χ1n) is 9.17. The lowest BCUT2D eigenvalue weighted by Crippen LogP contribution is -2.27. The molecule has 0 aromatic carbocycles. The smallest absolute Gasteiger partial charge is 0.341 e. The van der Waals surface area contributed by atoms with Crippen LogP contribution in [0, 0.1) is 0 Å². The van der Waals surface area contributed by atoms with Gasteiger partial charge in [0.15, 0.2) is 17.5 Å². The number of carbonyl (C=O) groups excluding carboxylic acids is 1. The molecule has 1 saturated heterocycles. The van der Waals surface area contributed by atoms with Gasteiger partial charge in [-0.3, -0.25) is 9.58 Å². The van der Waals surface area contributed by atoms with Crippen molar-refractivity contribution in [1.29, 1.82) is 0 Å². The molecule has 1 fully saturated rings. The Morgan fingerprint density at radius 1 is 1.11 bits per heavy atom. The summed E-state index contributed by atoms with van der Waals surface area (Å²) in [6, 6.07) is 1.33. The predicted molar refractivity (Wildman–Crippen MR) is 97.7 cm³/mol. The number of rotatable bonds is 5. The summed E-state index contributed by atoms with van der Waals surface area (Å²) in [5.41, 5.74) is 0.663. The fraction of sp³-hybridized carbons (Fsp3) is 0.412. The number of fused-ring (bicyclic) bond motifs is 1. The van der Waals surface area contributed by atoms with Gasteiger partial charge >= 0.3 is 6.03 Å². The molecule has 3 aromatic rings. The molecular weight excluding hydrogens is 365 g/mol. The monoisotopic (exact) mass is 383 g/mol. The van der Waals surface area contributed by atoms with Crippen LogP contribution in [-0.4, -0.2) is 60.3 Å². The average molecular weight is 383 g/mol. The van der Waals surface area contributed by atoms with Gasteiger partial charge in [0.05, 0.1) is 18.7 Å². The van der Waals surface area contributed by atoms with E-state index in [1.165, 1.54) is 14.3 Å². The Hall–Kier alpha value is -3.37. The number of aromatic nitrogens is 7. The van der Waals surface area contributed by atoms with E-state index < -0.39 is 6.67 Å². The SMILES string of the molecule is O=C1N(c2ccn(CCF)n2)Cc2nc(-c3cnc(N4CCCC4)nc3)nn21. The number of carbonyl (C=O) groups is 1. The van der Waals surface area contributed by atoms with E-state index in [1.807, 2.05) is 0 Å². The zero-order chi connectivity index (χ0) is 19.1. The van der Waals surface area contributed by atoms with E-state index in [2.05, 4.69) is 30.0 Å². The standard InChI is InChI=1S/C17H18FN9O/c18-4-8-25-7-3-13(22-25)26-11-14-21-15(23-27(14)17(26)28)12-9-19-16(20-10-12)24-5-1-2-6-24/h3,7,9-10H,1-2,4-6,8,11H2. The van der Waals surface area contributed by atoms with Crippen molar-refractivity contribution in [3.05, 3.63) is 30.5 Å². The van der Waals surface area contributed by atoms with Gasteiger partial charge in [-0.25, -0.2) is 24.1 Å². The van der Waals surface area contributed by atoms with E-state index in [0.717, 1.165) is 25.9 Å². The van der Waals surface area contributed by atoms with E-state index in [0.29, 0.717) is 29.0 Å². The summed E-state index contributed by atoms with van der Waals surface area (Å²) in [6.45, 7) is 1.84. The molecule has 0 N–H and O–H groups in total. The van der Waals surface area contributed by atoms with E-state index in [4.69, 9.17) is 0 Å². The second kappa shape index (κ2) is 6.66. The van der Waals surface area contributed by atoms with Crippen LogP contribution in [0.1, 0.15) is 18.7 Å². The molecule has 0 spiro atoms. The van der Waals surface area contributed by atoms with E-state index in [9.17, 15) is 9.18 Å². The largest absolute Gasteiger partial charge is 0.352 e. The van der Waals surface area contributed by atoms with Crippen molar-refractivity contribution >= 4 is 17.8 Å². The fourth-order valence-electron chi connectivity index (χ4n) is 3.45. The highest BCUT2D eigenvalue weighted by Gasteiger charge is 2.33. The first kappa shape index (κ1) is 16.8. The Morgan fingerprint density at radius 2 is 1.89 bits per heavy atom. The molecule has 0 saturated carbocycles. The number of alkyl halides is 1. The van der Waals surface area contributed by atoms with Gasteiger partial charge in [0.25, 0.3) is 0 Å². The van der Waals surface area contributed by atoms with Crippen molar-refractivity contribution in [2.75, 3.05) is 29.6 Å². The Labute approximate surface area is 159 Å². The topological polar surface area (TPSA) is 97.9 Å². The summed E-state index contributed by atoms with van der Waals surface area (Å²) in [5, 5.41) is 8.53. The Balaban J connectivity index is 1.35. The third-order valence-electron chi connectivity index (χ3n) is 4.89. The van der Waals surface area contributed by atoms with Crippen LogP contribution in [-0.2, 0) is 13.1 Å². The Morgan fingerprint density at radius 3 is 2.61 bits per heavy atom. The molecule has 144 valence electrons. The second-order valence-corrected chi connectivity index (χ2v) is 6.72. The number of anilines is 2. The molecule has 0 bridgehead atoms. The molecule has 28 heavy (non-hydrogen) atoms. The van der Waals surface area contributed by atoms with Crippen LogP contribution < -0.4 is 9.80 Å². The van der Waals surface area contributed by atoms with Crippen LogP contribution in [0.5, 0.6) is 0 Å². The number of hydrogen-bond donors (Lipinski definition) is 0. The highest BCUT2D eigenvalue weighted by Crippen LogP contribution is 2.24. The summed E-state index contributed by atoms with van der Waals surface area (Å²) < 4.78 is 15.2. The van der Waals surface area contributed by atoms with Crippen LogP contribution in [0.4, 0.5) is 21.0 Å². The zero-order valence-electron chi connectivity index (χ0n) is 15.1. The molecule has 10 nitrogen and oxygen atoms in total. The normalized spacial score (nSPS) is 16.2. The molecule has 11 heteroatoms. The molecule has 5 heterocycles. The van der Waals surface area contributed by atoms with Gasteiger partial charge in [-0.15, -0.1) is 5.10 Å². The lowest BCUT2D eigenvalue weighted by Gasteiger charge is -2.14. The van der Waals surface area contributed by atoms with E-state index in [1.54, 1.807) is 24.7 Å². The number of halogens is 1. The van der Waals surface area contributed by atoms with Crippen LogP contribution in [0.25, 0.3) is 11.4 Å². The van der Waals surface area contributed by atoms with Crippen molar-refractivity contribution in [2.45, 2.75) is 25.9 Å². The van der Waals surface area contributed by atoms with Crippen LogP contribution in [0.3, 0.4) is 0 Å². The van der Waals surface area contributed by atoms with E-state index >= 15 is 0 Å². The van der Waals surface area contributed by atoms with Gasteiger partial charge in [0, 0.05) is 37.7 Å². The van der Waals surface area contributed by atoms with Crippen molar-refractivity contribution in [1.82, 2.24) is 34.5 Å². The van der Waals surface area contributed by atoms with Crippen LogP contribution in [0.15, 0.2) is 24.7 Å². The maximum atomic E-state index is 12.7. The molecule has 0 aliphatic carbocycles. The summed E-state index contributed by atoms with van der Waals surface area (Å²) in [5.74, 6) is 2.09. The number of amides is 1. The summed E-state index contributed by atoms with van der Waals surface area (Å²) in [7, 11) is 0. The van der Waals surface area contributed by atoms with Crippen molar-refractivity contribution in [2.24, 2.45) is 0 Å². The minimum absolute atomic E-state index is 0.155. The lowest BCUT2D eigenvalue weighted by atomic mass is 10.3. The molecule has 1 amide bonds. The number of nitrogens with zero attached hydrogens (tertiary/aromatic N) is 9. The van der Waals surface area contributed by atoms with Gasteiger partial charge in [0.1, 0.15) is 6.67 Å². The molecule has 0 radical (unpaired) electrons. The summed E-state index contributed by atoms with van der Waals surface area (Å²) >= 11 is 0. The average Bonchev–Trinajstić information content (AvgIpc) is 3.48. The van der Waals surface area contributed by atoms with E-state index in [-0.39, 0.29) is 19.1 Å². The zero-order valence-corrected chi connectivity index (χ0v) is 15.1. The number of hydrogen-bond acceptors (Lipinski definition) is 7. The first-order valence-corrected chi connectivity index (χ1v) is 9.17. The van der Waals surface area contributed by atoms with Gasteiger partial charge in [-0.2, -0.15) is 9.78 Å². The molecule has 3 aromatic heterocycles. The molecule has 5 rings (SSSR count). The quantitative estimate of drug-likeness (QED) is 0.658. The van der Waals surface area contributed by atoms with Gasteiger partial charge < -0.3 is 4.90 Å². The molecule has 2 aliphatic heterocycles. The Bertz CT molecular complexity index is 1010. The summed E-state index contributed by atoms with van der Waals surface area (Å²) in [6.07, 6.45) is 7.33. The highest BCUT2D eigenvalue weighted by molar-refractivity contribution is 5.94. The fourth-order valence-corrected chi connectivity index (χ4v) is 3.45. The molecule has 2 aliphatic rings. The predicted octanol–water partition coefficient (Wildman–Crippen LogP) is 1.49. The first-order chi connectivity index (χ1) is 13.7. The van der Waals surface area contributed by atoms with Gasteiger partial charge in [0.2, 0.25) is 5.95 Å². The number of aryl methyl sites for hydroxylation is 1. The molecule has 0 unspecified atom stereocenters. The third-order valence-corrected chi connectivity index (χ3v) is 4.89. The summed E-state index contributed by atoms with van der Waals surface area (Å²) in [4.78, 5) is 29.5. The maximum absolute atomic E-state index is 12.7. The van der Waals surface area contributed by atoms with Gasteiger partial charge in [-0.05, 0) is 12.8 Å². The Kier molecular flexibility index (Phi) is 3.99. The maximum Gasteiger partial charge on any atom is 0.352 e. The third kappa shape index (κ3) is 2.79. The van der Waals surface area contributed by atoms with Crippen LogP contribution >= 0.6 is 0 Å². The van der Waals surface area contributed by atoms with Crippen molar-refractivity contribution < 1.29 is 9.18 Å². The minimum atomic E-state index is -0.514. The molecular formula is C17H18FN9O. The second-order valence-electron chi connectivity index (χ2n) is 6.72. The van der Waals surface area contributed by atoms with Crippen molar-refractivity contribution in [3.8, 4) is 11.4 Å². The van der Waals surface area contributed by atoms with Crippen LogP contribution in [0.2, 0.25) is 0 Å². The van der Waals surface area contributed by atoms with Gasteiger partial charge in [-0.1, -0.05) is 0 Å². The molecule has 0 atom stereocenters. The lowest BCUT2D eigenvalue weighted by molar-refractivity contribution is 0.248.